The van der Waals surface area contributed by atoms with Gasteiger partial charge in [0.15, 0.2) is 0 Å². The molecule has 22 heavy (non-hydrogen) atoms. The molecule has 1 N–H and O–H groups in total. The minimum absolute atomic E-state index is 0.0670. The summed E-state index contributed by atoms with van der Waals surface area (Å²) in [5, 5.41) is 2.55. The van der Waals surface area contributed by atoms with Crippen molar-refractivity contribution in [3.63, 3.8) is 0 Å². The molecular weight excluding hydrogens is 288 g/mol. The lowest BCUT2D eigenvalue weighted by molar-refractivity contribution is -0.155. The SMILES string of the molecule is CCOC(=O)[C@@H]1CC[C@H](C)N1C(=O)[C@@H](NC(=O)OC)C(C)C. The average molecular weight is 314 g/mol. The molecule has 1 rings (SSSR count). The first-order chi connectivity index (χ1) is 10.3. The van der Waals surface area contributed by atoms with Crippen molar-refractivity contribution in [3.8, 4) is 0 Å². The van der Waals surface area contributed by atoms with Crippen molar-refractivity contribution in [2.75, 3.05) is 13.7 Å². The summed E-state index contributed by atoms with van der Waals surface area (Å²) in [5.41, 5.74) is 0. The van der Waals surface area contributed by atoms with E-state index in [-0.39, 0.29) is 30.4 Å². The van der Waals surface area contributed by atoms with Crippen LogP contribution in [0.2, 0.25) is 0 Å². The predicted molar refractivity (Wildman–Crippen MR) is 80.1 cm³/mol. The summed E-state index contributed by atoms with van der Waals surface area (Å²) in [6.07, 6.45) is 0.652. The molecule has 7 nitrogen and oxygen atoms in total. The van der Waals surface area contributed by atoms with E-state index in [1.807, 2.05) is 20.8 Å². The number of alkyl carbamates (subject to hydrolysis) is 1. The predicted octanol–water partition coefficient (Wildman–Crippen LogP) is 1.31. The van der Waals surface area contributed by atoms with Crippen LogP contribution in [0.5, 0.6) is 0 Å². The molecule has 0 aliphatic carbocycles. The summed E-state index contributed by atoms with van der Waals surface area (Å²) in [5.74, 6) is -0.786. The lowest BCUT2D eigenvalue weighted by atomic mass is 10.0. The Labute approximate surface area is 131 Å². The quantitative estimate of drug-likeness (QED) is 0.773. The van der Waals surface area contributed by atoms with Crippen molar-refractivity contribution < 1.29 is 23.9 Å². The Balaban J connectivity index is 2.93. The Kier molecular flexibility index (Phi) is 6.64. The maximum atomic E-state index is 12.8. The summed E-state index contributed by atoms with van der Waals surface area (Å²) in [4.78, 5) is 37.9. The third kappa shape index (κ3) is 4.11. The van der Waals surface area contributed by atoms with Crippen molar-refractivity contribution in [2.45, 2.75) is 58.7 Å². The molecule has 0 aromatic rings. The number of esters is 1. The van der Waals surface area contributed by atoms with E-state index in [4.69, 9.17) is 4.74 Å². The Bertz CT molecular complexity index is 424. The van der Waals surface area contributed by atoms with Gasteiger partial charge in [-0.25, -0.2) is 9.59 Å². The van der Waals surface area contributed by atoms with Crippen molar-refractivity contribution >= 4 is 18.0 Å². The fourth-order valence-corrected chi connectivity index (χ4v) is 2.69. The second-order valence-electron chi connectivity index (χ2n) is 5.80. The van der Waals surface area contributed by atoms with Crippen LogP contribution in [-0.4, -0.2) is 54.7 Å². The van der Waals surface area contributed by atoms with Gasteiger partial charge in [-0.1, -0.05) is 13.8 Å². The molecule has 0 aromatic heterocycles. The number of hydrogen-bond donors (Lipinski definition) is 1. The molecule has 3 atom stereocenters. The zero-order valence-electron chi connectivity index (χ0n) is 13.9. The van der Waals surface area contributed by atoms with Crippen LogP contribution in [0.4, 0.5) is 4.79 Å². The van der Waals surface area contributed by atoms with Gasteiger partial charge in [0.05, 0.1) is 13.7 Å². The monoisotopic (exact) mass is 314 g/mol. The Morgan fingerprint density at radius 3 is 2.41 bits per heavy atom. The van der Waals surface area contributed by atoms with E-state index in [0.29, 0.717) is 6.42 Å². The van der Waals surface area contributed by atoms with Gasteiger partial charge in [0.2, 0.25) is 5.91 Å². The van der Waals surface area contributed by atoms with Crippen LogP contribution in [0.25, 0.3) is 0 Å². The first-order valence-electron chi connectivity index (χ1n) is 7.66. The van der Waals surface area contributed by atoms with Crippen molar-refractivity contribution in [3.05, 3.63) is 0 Å². The van der Waals surface area contributed by atoms with E-state index < -0.39 is 18.2 Å². The molecule has 1 aliphatic rings. The maximum absolute atomic E-state index is 12.8. The van der Waals surface area contributed by atoms with Crippen LogP contribution in [-0.2, 0) is 19.1 Å². The maximum Gasteiger partial charge on any atom is 0.407 e. The molecule has 0 aromatic carbocycles. The smallest absolute Gasteiger partial charge is 0.407 e. The van der Waals surface area contributed by atoms with E-state index >= 15 is 0 Å². The standard InChI is InChI=1S/C15H26N2O5/c1-6-22-14(19)11-8-7-10(4)17(11)13(18)12(9(2)3)16-15(20)21-5/h9-12H,6-8H2,1-5H3,(H,16,20)/t10-,11-,12-/m0/s1. The number of hydrogen-bond acceptors (Lipinski definition) is 5. The largest absolute Gasteiger partial charge is 0.464 e. The van der Waals surface area contributed by atoms with Crippen molar-refractivity contribution in [2.24, 2.45) is 5.92 Å². The highest BCUT2D eigenvalue weighted by Gasteiger charge is 2.43. The molecule has 1 aliphatic heterocycles. The van der Waals surface area contributed by atoms with E-state index in [9.17, 15) is 14.4 Å². The highest BCUT2D eigenvalue weighted by Crippen LogP contribution is 2.26. The normalized spacial score (nSPS) is 22.4. The summed E-state index contributed by atoms with van der Waals surface area (Å²) in [6.45, 7) is 7.57. The molecule has 0 spiro atoms. The number of nitrogens with zero attached hydrogens (tertiary/aromatic N) is 1. The number of carbonyl (C=O) groups is 3. The highest BCUT2D eigenvalue weighted by molar-refractivity contribution is 5.90. The number of nitrogens with one attached hydrogen (secondary N) is 1. The van der Waals surface area contributed by atoms with Crippen molar-refractivity contribution in [1.29, 1.82) is 0 Å². The second-order valence-corrected chi connectivity index (χ2v) is 5.80. The Morgan fingerprint density at radius 1 is 1.27 bits per heavy atom. The first kappa shape index (κ1) is 18.3. The van der Waals surface area contributed by atoms with Crippen LogP contribution in [0.1, 0.15) is 40.5 Å². The average Bonchev–Trinajstić information content (AvgIpc) is 2.85. The van der Waals surface area contributed by atoms with Gasteiger partial charge in [-0.05, 0) is 32.6 Å². The van der Waals surface area contributed by atoms with Crippen LogP contribution >= 0.6 is 0 Å². The number of amides is 2. The van der Waals surface area contributed by atoms with Gasteiger partial charge in [-0.3, -0.25) is 4.79 Å². The van der Waals surface area contributed by atoms with E-state index in [1.54, 1.807) is 11.8 Å². The number of likely N-dealkylation sites (tertiary alicyclic amines) is 1. The van der Waals surface area contributed by atoms with Crippen LogP contribution < -0.4 is 5.32 Å². The van der Waals surface area contributed by atoms with Gasteiger partial charge in [-0.2, -0.15) is 0 Å². The molecule has 7 heteroatoms. The fourth-order valence-electron chi connectivity index (χ4n) is 2.69. The molecule has 1 saturated heterocycles. The number of methoxy groups -OCH3 is 1. The van der Waals surface area contributed by atoms with E-state index in [1.165, 1.54) is 7.11 Å². The molecule has 126 valence electrons. The highest BCUT2D eigenvalue weighted by atomic mass is 16.5. The zero-order chi connectivity index (χ0) is 16.9. The number of rotatable bonds is 5. The summed E-state index contributed by atoms with van der Waals surface area (Å²) < 4.78 is 9.62. The van der Waals surface area contributed by atoms with Gasteiger partial charge >= 0.3 is 12.1 Å². The van der Waals surface area contributed by atoms with E-state index in [0.717, 1.165) is 6.42 Å². The molecule has 1 heterocycles. The molecule has 2 amide bonds. The molecule has 0 unspecified atom stereocenters. The second kappa shape index (κ2) is 8.00. The van der Waals surface area contributed by atoms with E-state index in [2.05, 4.69) is 10.1 Å². The van der Waals surface area contributed by atoms with Crippen LogP contribution in [0.3, 0.4) is 0 Å². The summed E-state index contributed by atoms with van der Waals surface area (Å²) in [7, 11) is 1.25. The van der Waals surface area contributed by atoms with Gasteiger partial charge < -0.3 is 19.7 Å². The molecule has 1 fully saturated rings. The fraction of sp³-hybridized carbons (Fsp3) is 0.800. The Morgan fingerprint density at radius 2 is 1.91 bits per heavy atom. The number of carbonyl (C=O) groups excluding carboxylic acids is 3. The summed E-state index contributed by atoms with van der Waals surface area (Å²) >= 11 is 0. The molecule has 0 bridgehead atoms. The third-order valence-electron chi connectivity index (χ3n) is 3.87. The minimum atomic E-state index is -0.732. The molecule has 0 saturated carbocycles. The van der Waals surface area contributed by atoms with Crippen molar-refractivity contribution in [1.82, 2.24) is 10.2 Å². The number of ether oxygens (including phenoxy) is 2. The Hall–Kier alpha value is -1.79. The lowest BCUT2D eigenvalue weighted by Gasteiger charge is -2.32. The zero-order valence-corrected chi connectivity index (χ0v) is 13.9. The van der Waals surface area contributed by atoms with Crippen LogP contribution in [0, 0.1) is 5.92 Å². The lowest BCUT2D eigenvalue weighted by Crippen LogP contribution is -2.55. The van der Waals surface area contributed by atoms with Gasteiger partial charge in [0.25, 0.3) is 0 Å². The topological polar surface area (TPSA) is 84.9 Å². The van der Waals surface area contributed by atoms with Gasteiger partial charge in [0.1, 0.15) is 12.1 Å². The first-order valence-corrected chi connectivity index (χ1v) is 7.66. The van der Waals surface area contributed by atoms with Gasteiger partial charge in [-0.15, -0.1) is 0 Å². The molecule has 0 radical (unpaired) electrons. The minimum Gasteiger partial charge on any atom is -0.464 e. The summed E-state index contributed by atoms with van der Waals surface area (Å²) in [6, 6.07) is -1.38. The third-order valence-corrected chi connectivity index (χ3v) is 3.87. The van der Waals surface area contributed by atoms with Crippen LogP contribution in [0.15, 0.2) is 0 Å². The van der Waals surface area contributed by atoms with Gasteiger partial charge in [0, 0.05) is 6.04 Å². The molecular formula is C15H26N2O5.